The summed E-state index contributed by atoms with van der Waals surface area (Å²) in [7, 11) is 0. The smallest absolute Gasteiger partial charge is 0.117 e. The molecular weight excluding hydrogens is 212 g/mol. The molecular formula is C14H18N2O. The predicted molar refractivity (Wildman–Crippen MR) is 68.0 cm³/mol. The first-order chi connectivity index (χ1) is 8.33. The van der Waals surface area contributed by atoms with Gasteiger partial charge in [-0.15, -0.1) is 0 Å². The van der Waals surface area contributed by atoms with Gasteiger partial charge in [0.05, 0.1) is 11.7 Å². The minimum Gasteiger partial charge on any atom is -0.508 e. The molecule has 1 aromatic heterocycles. The van der Waals surface area contributed by atoms with Crippen molar-refractivity contribution < 1.29 is 5.11 Å². The Morgan fingerprint density at radius 3 is 2.88 bits per heavy atom. The molecule has 3 nitrogen and oxygen atoms in total. The molecule has 0 unspecified atom stereocenters. The molecule has 0 aliphatic heterocycles. The van der Waals surface area contributed by atoms with E-state index in [1.54, 1.807) is 6.07 Å². The topological polar surface area (TPSA) is 38.1 Å². The molecule has 1 aromatic carbocycles. The Kier molecular flexibility index (Phi) is 2.75. The summed E-state index contributed by atoms with van der Waals surface area (Å²) in [5.74, 6) is 1.08. The Hall–Kier alpha value is -1.51. The average Bonchev–Trinajstić information content (AvgIpc) is 2.73. The summed E-state index contributed by atoms with van der Waals surface area (Å²) in [5, 5.41) is 15.1. The van der Waals surface area contributed by atoms with Crippen LogP contribution in [-0.4, -0.2) is 14.9 Å². The highest BCUT2D eigenvalue weighted by atomic mass is 16.3. The van der Waals surface area contributed by atoms with Gasteiger partial charge in [0.1, 0.15) is 5.75 Å². The zero-order chi connectivity index (χ0) is 11.7. The van der Waals surface area contributed by atoms with Crippen molar-refractivity contribution in [1.82, 2.24) is 9.78 Å². The number of hydrogen-bond donors (Lipinski definition) is 1. The first kappa shape index (κ1) is 10.6. The molecule has 1 N–H and O–H groups in total. The van der Waals surface area contributed by atoms with E-state index in [2.05, 4.69) is 5.10 Å². The van der Waals surface area contributed by atoms with Gasteiger partial charge in [0.25, 0.3) is 0 Å². The highest BCUT2D eigenvalue weighted by Crippen LogP contribution is 2.27. The molecule has 1 fully saturated rings. The van der Waals surface area contributed by atoms with Crippen LogP contribution in [0.5, 0.6) is 5.75 Å². The fourth-order valence-corrected chi connectivity index (χ4v) is 2.82. The summed E-state index contributed by atoms with van der Waals surface area (Å²) in [5.41, 5.74) is 1.05. The second-order valence-corrected chi connectivity index (χ2v) is 5.07. The van der Waals surface area contributed by atoms with Crippen LogP contribution in [0.15, 0.2) is 24.4 Å². The molecule has 90 valence electrons. The van der Waals surface area contributed by atoms with Crippen molar-refractivity contribution in [2.45, 2.75) is 38.6 Å². The summed E-state index contributed by atoms with van der Waals surface area (Å²) in [6.07, 6.45) is 8.62. The van der Waals surface area contributed by atoms with E-state index in [1.807, 2.05) is 23.0 Å². The van der Waals surface area contributed by atoms with Crippen LogP contribution < -0.4 is 0 Å². The number of aromatic nitrogens is 2. The Morgan fingerprint density at radius 2 is 2.06 bits per heavy atom. The van der Waals surface area contributed by atoms with Gasteiger partial charge in [-0.1, -0.05) is 19.3 Å². The van der Waals surface area contributed by atoms with Crippen LogP contribution >= 0.6 is 0 Å². The van der Waals surface area contributed by atoms with Crippen LogP contribution in [0, 0.1) is 5.92 Å². The van der Waals surface area contributed by atoms with Gasteiger partial charge in [0, 0.05) is 18.0 Å². The Labute approximate surface area is 101 Å². The first-order valence-electron chi connectivity index (χ1n) is 6.47. The normalized spacial score (nSPS) is 17.6. The second-order valence-electron chi connectivity index (χ2n) is 5.07. The molecule has 0 bridgehead atoms. The first-order valence-corrected chi connectivity index (χ1v) is 6.47. The number of phenols is 1. The van der Waals surface area contributed by atoms with Crippen LogP contribution in [0.3, 0.4) is 0 Å². The van der Waals surface area contributed by atoms with E-state index in [1.165, 1.54) is 32.1 Å². The average molecular weight is 230 g/mol. The summed E-state index contributed by atoms with van der Waals surface area (Å²) in [6, 6.07) is 5.45. The maximum atomic E-state index is 9.54. The summed E-state index contributed by atoms with van der Waals surface area (Å²) in [4.78, 5) is 0. The monoisotopic (exact) mass is 230 g/mol. The van der Waals surface area contributed by atoms with Gasteiger partial charge in [0.2, 0.25) is 0 Å². The lowest BCUT2D eigenvalue weighted by atomic mass is 9.89. The fraction of sp³-hybridized carbons (Fsp3) is 0.500. The Bertz CT molecular complexity index is 512. The molecule has 0 spiro atoms. The summed E-state index contributed by atoms with van der Waals surface area (Å²) in [6.45, 7) is 0.993. The molecule has 17 heavy (non-hydrogen) atoms. The molecule has 3 heteroatoms. The van der Waals surface area contributed by atoms with Crippen LogP contribution in [0.2, 0.25) is 0 Å². The fourth-order valence-electron chi connectivity index (χ4n) is 2.82. The van der Waals surface area contributed by atoms with E-state index < -0.39 is 0 Å². The van der Waals surface area contributed by atoms with Crippen LogP contribution in [0.1, 0.15) is 32.1 Å². The zero-order valence-electron chi connectivity index (χ0n) is 9.97. The largest absolute Gasteiger partial charge is 0.508 e. The Balaban J connectivity index is 1.86. The molecule has 0 amide bonds. The van der Waals surface area contributed by atoms with Gasteiger partial charge < -0.3 is 5.11 Å². The maximum Gasteiger partial charge on any atom is 0.117 e. The van der Waals surface area contributed by atoms with E-state index in [-0.39, 0.29) is 0 Å². The summed E-state index contributed by atoms with van der Waals surface area (Å²) < 4.78 is 2.05. The van der Waals surface area contributed by atoms with E-state index in [4.69, 9.17) is 0 Å². The third-order valence-electron chi connectivity index (χ3n) is 3.78. The minimum absolute atomic E-state index is 0.322. The number of aromatic hydroxyl groups is 1. The molecule has 0 atom stereocenters. The number of nitrogens with zero attached hydrogens (tertiary/aromatic N) is 2. The van der Waals surface area contributed by atoms with E-state index in [9.17, 15) is 5.11 Å². The lowest BCUT2D eigenvalue weighted by Gasteiger charge is -2.21. The van der Waals surface area contributed by atoms with Gasteiger partial charge in [-0.05, 0) is 30.9 Å². The number of hydrogen-bond acceptors (Lipinski definition) is 2. The van der Waals surface area contributed by atoms with Crippen molar-refractivity contribution in [3.8, 4) is 5.75 Å². The lowest BCUT2D eigenvalue weighted by molar-refractivity contribution is 0.312. The number of rotatable bonds is 2. The molecule has 1 aliphatic rings. The molecule has 2 aromatic rings. The van der Waals surface area contributed by atoms with E-state index in [0.717, 1.165) is 23.4 Å². The quantitative estimate of drug-likeness (QED) is 0.859. The third-order valence-corrected chi connectivity index (χ3v) is 3.78. The predicted octanol–water partition coefficient (Wildman–Crippen LogP) is 3.32. The van der Waals surface area contributed by atoms with E-state index in [0.29, 0.717) is 5.75 Å². The third kappa shape index (κ3) is 2.14. The lowest BCUT2D eigenvalue weighted by Crippen LogP contribution is -2.14. The van der Waals surface area contributed by atoms with Crippen molar-refractivity contribution in [2.24, 2.45) is 5.92 Å². The molecule has 3 rings (SSSR count). The van der Waals surface area contributed by atoms with Crippen molar-refractivity contribution in [1.29, 1.82) is 0 Å². The molecule has 0 saturated heterocycles. The van der Waals surface area contributed by atoms with Gasteiger partial charge >= 0.3 is 0 Å². The van der Waals surface area contributed by atoms with Crippen molar-refractivity contribution in [3.05, 3.63) is 24.4 Å². The SMILES string of the molecule is Oc1ccc2cnn(CC3CCCCC3)c2c1. The summed E-state index contributed by atoms with van der Waals surface area (Å²) >= 11 is 0. The highest BCUT2D eigenvalue weighted by molar-refractivity contribution is 5.79. The number of benzene rings is 1. The van der Waals surface area contributed by atoms with Crippen LogP contribution in [0.25, 0.3) is 10.9 Å². The second kappa shape index (κ2) is 4.40. The van der Waals surface area contributed by atoms with Gasteiger partial charge in [-0.2, -0.15) is 5.10 Å². The number of phenolic OH excluding ortho intramolecular Hbond substituents is 1. The molecule has 1 heterocycles. The van der Waals surface area contributed by atoms with E-state index >= 15 is 0 Å². The minimum atomic E-state index is 0.322. The standard InChI is InChI=1S/C14H18N2O/c17-13-7-6-12-9-15-16(14(12)8-13)10-11-4-2-1-3-5-11/h6-9,11,17H,1-5,10H2. The van der Waals surface area contributed by atoms with Crippen LogP contribution in [0.4, 0.5) is 0 Å². The van der Waals surface area contributed by atoms with Gasteiger partial charge in [0.15, 0.2) is 0 Å². The molecule has 0 radical (unpaired) electrons. The highest BCUT2D eigenvalue weighted by Gasteiger charge is 2.15. The van der Waals surface area contributed by atoms with Gasteiger partial charge in [-0.3, -0.25) is 4.68 Å². The number of fused-ring (bicyclic) bond motifs is 1. The Morgan fingerprint density at radius 1 is 1.24 bits per heavy atom. The van der Waals surface area contributed by atoms with Gasteiger partial charge in [-0.25, -0.2) is 0 Å². The zero-order valence-corrected chi connectivity index (χ0v) is 9.97. The van der Waals surface area contributed by atoms with Crippen molar-refractivity contribution in [3.63, 3.8) is 0 Å². The maximum absolute atomic E-state index is 9.54. The molecule has 1 saturated carbocycles. The molecule has 1 aliphatic carbocycles. The van der Waals surface area contributed by atoms with Crippen molar-refractivity contribution >= 4 is 10.9 Å². The van der Waals surface area contributed by atoms with Crippen molar-refractivity contribution in [2.75, 3.05) is 0 Å². The van der Waals surface area contributed by atoms with Crippen LogP contribution in [-0.2, 0) is 6.54 Å².